The van der Waals surface area contributed by atoms with Crippen LogP contribution in [0.3, 0.4) is 0 Å². The van der Waals surface area contributed by atoms with Gasteiger partial charge in [0.1, 0.15) is 5.52 Å². The van der Waals surface area contributed by atoms with Crippen molar-refractivity contribution in [2.45, 2.75) is 32.9 Å². The van der Waals surface area contributed by atoms with E-state index in [1.54, 1.807) is 23.7 Å². The molecule has 1 atom stereocenters. The van der Waals surface area contributed by atoms with E-state index in [-0.39, 0.29) is 11.6 Å². The maximum absolute atomic E-state index is 14.5. The molecule has 0 unspecified atom stereocenters. The van der Waals surface area contributed by atoms with Gasteiger partial charge in [0.2, 0.25) is 0 Å². The maximum atomic E-state index is 14.5. The fourth-order valence-corrected chi connectivity index (χ4v) is 4.59. The van der Waals surface area contributed by atoms with Gasteiger partial charge in [0, 0.05) is 61.4 Å². The zero-order valence-electron chi connectivity index (χ0n) is 19.3. The Balaban J connectivity index is 1.49. The van der Waals surface area contributed by atoms with Crippen molar-refractivity contribution in [2.75, 3.05) is 37.4 Å². The van der Waals surface area contributed by atoms with Gasteiger partial charge in [0.05, 0.1) is 16.9 Å². The summed E-state index contributed by atoms with van der Waals surface area (Å²) in [5.74, 6) is -0.808. The average Bonchev–Trinajstić information content (AvgIpc) is 3.50. The first-order valence-corrected chi connectivity index (χ1v) is 11.2. The van der Waals surface area contributed by atoms with E-state index in [2.05, 4.69) is 39.3 Å². The molecule has 0 bridgehead atoms. The van der Waals surface area contributed by atoms with Crippen LogP contribution in [-0.4, -0.2) is 63.2 Å². The molecule has 0 radical (unpaired) electrons. The quantitative estimate of drug-likeness (QED) is 0.505. The molecule has 1 aliphatic heterocycles. The Bertz CT molecular complexity index is 1360. The second kappa shape index (κ2) is 8.15. The van der Waals surface area contributed by atoms with Crippen LogP contribution < -0.4 is 10.2 Å². The molecule has 1 aromatic carbocycles. The summed E-state index contributed by atoms with van der Waals surface area (Å²) in [4.78, 5) is 22.0. The normalized spacial score (nSPS) is 16.4. The van der Waals surface area contributed by atoms with E-state index in [9.17, 15) is 9.18 Å². The lowest BCUT2D eigenvalue weighted by Gasteiger charge is -2.22. The van der Waals surface area contributed by atoms with Crippen LogP contribution in [0.4, 0.5) is 15.8 Å². The minimum absolute atomic E-state index is 0.237. The molecule has 3 aromatic heterocycles. The molecule has 1 fully saturated rings. The Morgan fingerprint density at radius 2 is 2.09 bits per heavy atom. The van der Waals surface area contributed by atoms with E-state index in [4.69, 9.17) is 0 Å². The molecule has 1 amide bonds. The monoisotopic (exact) mass is 449 g/mol. The minimum Gasteiger partial charge on any atom is -0.369 e. The van der Waals surface area contributed by atoms with Crippen LogP contribution >= 0.6 is 0 Å². The highest BCUT2D eigenvalue weighted by Crippen LogP contribution is 2.32. The number of pyridine rings is 1. The van der Waals surface area contributed by atoms with Gasteiger partial charge in [-0.1, -0.05) is 0 Å². The number of likely N-dealkylation sites (N-methyl/N-ethyl adjacent to an activating group) is 1. The second-order valence-corrected chi connectivity index (χ2v) is 8.88. The summed E-state index contributed by atoms with van der Waals surface area (Å²) in [5.41, 5.74) is 3.51. The number of nitrogens with zero attached hydrogens (tertiary/aromatic N) is 6. The highest BCUT2D eigenvalue weighted by atomic mass is 19.1. The molecule has 33 heavy (non-hydrogen) atoms. The van der Waals surface area contributed by atoms with Gasteiger partial charge in [0.25, 0.3) is 5.91 Å². The smallest absolute Gasteiger partial charge is 0.257 e. The number of anilines is 2. The van der Waals surface area contributed by atoms with Crippen LogP contribution in [0.25, 0.3) is 16.6 Å². The topological polar surface area (TPSA) is 70.7 Å². The molecule has 172 valence electrons. The van der Waals surface area contributed by atoms with Gasteiger partial charge in [0.15, 0.2) is 11.5 Å². The van der Waals surface area contributed by atoms with Crippen molar-refractivity contribution in [2.24, 2.45) is 0 Å². The molecule has 4 aromatic rings. The van der Waals surface area contributed by atoms with Crippen LogP contribution in [0.5, 0.6) is 0 Å². The number of halogens is 1. The van der Waals surface area contributed by atoms with Crippen LogP contribution in [0.15, 0.2) is 36.8 Å². The number of aryl methyl sites for hydroxylation is 2. The summed E-state index contributed by atoms with van der Waals surface area (Å²) < 4.78 is 17.9. The number of aromatic nitrogens is 4. The molecule has 1 N–H and O–H groups in total. The number of rotatable bonds is 5. The molecule has 8 nitrogen and oxygen atoms in total. The van der Waals surface area contributed by atoms with Crippen molar-refractivity contribution < 1.29 is 9.18 Å². The standard InChI is InChI=1S/C24H28FN7O/c1-5-32-14-19-21(30-9-8-17(13-30)29(3)4)7-6-18(22(19)28-32)24(33)27-16-10-20(25)23-26-15(2)11-31(23)12-16/h6-7,10-12,14,17H,5,8-9,13H2,1-4H3,(H,27,33)/t17-/m1/s1. The fraction of sp³-hybridized carbons (Fsp3) is 0.375. The van der Waals surface area contributed by atoms with Gasteiger partial charge < -0.3 is 19.5 Å². The van der Waals surface area contributed by atoms with Gasteiger partial charge in [-0.25, -0.2) is 9.37 Å². The molecule has 9 heteroatoms. The van der Waals surface area contributed by atoms with E-state index < -0.39 is 5.82 Å². The fourth-order valence-electron chi connectivity index (χ4n) is 4.59. The van der Waals surface area contributed by atoms with Gasteiger partial charge in [-0.3, -0.25) is 9.48 Å². The molecule has 0 aliphatic carbocycles. The van der Waals surface area contributed by atoms with Gasteiger partial charge >= 0.3 is 0 Å². The van der Waals surface area contributed by atoms with Crippen LogP contribution in [0, 0.1) is 12.7 Å². The third-order valence-electron chi connectivity index (χ3n) is 6.39. The van der Waals surface area contributed by atoms with E-state index in [1.807, 2.05) is 29.9 Å². The molecule has 4 heterocycles. The van der Waals surface area contributed by atoms with Crippen molar-refractivity contribution in [1.82, 2.24) is 24.1 Å². The number of hydrogen-bond donors (Lipinski definition) is 1. The maximum Gasteiger partial charge on any atom is 0.257 e. The summed E-state index contributed by atoms with van der Waals surface area (Å²) in [6.45, 7) is 6.43. The Morgan fingerprint density at radius 3 is 2.82 bits per heavy atom. The molecular formula is C24H28FN7O. The second-order valence-electron chi connectivity index (χ2n) is 8.88. The van der Waals surface area contributed by atoms with Crippen molar-refractivity contribution in [3.05, 3.63) is 53.9 Å². The predicted octanol–water partition coefficient (Wildman–Crippen LogP) is 3.54. The van der Waals surface area contributed by atoms with E-state index >= 15 is 0 Å². The number of carbonyl (C=O) groups is 1. The van der Waals surface area contributed by atoms with Crippen molar-refractivity contribution >= 4 is 33.8 Å². The summed E-state index contributed by atoms with van der Waals surface area (Å²) in [7, 11) is 4.22. The summed E-state index contributed by atoms with van der Waals surface area (Å²) in [6.07, 6.45) is 6.49. The molecule has 5 rings (SSSR count). The Labute approximate surface area is 191 Å². The molecule has 0 spiro atoms. The van der Waals surface area contributed by atoms with Crippen LogP contribution in [-0.2, 0) is 6.54 Å². The summed E-state index contributed by atoms with van der Waals surface area (Å²) >= 11 is 0. The first-order chi connectivity index (χ1) is 15.8. The van der Waals surface area contributed by atoms with Gasteiger partial charge in [-0.15, -0.1) is 0 Å². The van der Waals surface area contributed by atoms with Gasteiger partial charge in [-0.05, 0) is 46.5 Å². The highest BCUT2D eigenvalue weighted by molar-refractivity contribution is 6.13. The average molecular weight is 450 g/mol. The summed E-state index contributed by atoms with van der Waals surface area (Å²) in [5, 5.41) is 8.47. The molecule has 0 saturated carbocycles. The number of nitrogens with one attached hydrogen (secondary N) is 1. The number of benzene rings is 1. The Hall–Kier alpha value is -3.46. The zero-order chi connectivity index (χ0) is 23.3. The lowest BCUT2D eigenvalue weighted by molar-refractivity contribution is 0.102. The third kappa shape index (κ3) is 3.82. The first kappa shape index (κ1) is 21.4. The number of imidazole rings is 1. The number of fused-ring (bicyclic) bond motifs is 2. The largest absolute Gasteiger partial charge is 0.369 e. The molecule has 1 saturated heterocycles. The minimum atomic E-state index is -0.485. The number of hydrogen-bond acceptors (Lipinski definition) is 5. The third-order valence-corrected chi connectivity index (χ3v) is 6.39. The first-order valence-electron chi connectivity index (χ1n) is 11.2. The predicted molar refractivity (Wildman–Crippen MR) is 128 cm³/mol. The Kier molecular flexibility index (Phi) is 5.28. The molecular weight excluding hydrogens is 421 g/mol. The van der Waals surface area contributed by atoms with E-state index in [0.29, 0.717) is 35.0 Å². The number of carbonyl (C=O) groups excluding carboxylic acids is 1. The van der Waals surface area contributed by atoms with Gasteiger partial charge in [-0.2, -0.15) is 5.10 Å². The summed E-state index contributed by atoms with van der Waals surface area (Å²) in [6, 6.07) is 5.61. The highest BCUT2D eigenvalue weighted by Gasteiger charge is 2.27. The number of amides is 1. The van der Waals surface area contributed by atoms with Crippen molar-refractivity contribution in [3.8, 4) is 0 Å². The van der Waals surface area contributed by atoms with Crippen molar-refractivity contribution in [3.63, 3.8) is 0 Å². The van der Waals surface area contributed by atoms with Crippen LogP contribution in [0.1, 0.15) is 29.4 Å². The Morgan fingerprint density at radius 1 is 1.27 bits per heavy atom. The van der Waals surface area contributed by atoms with Crippen molar-refractivity contribution in [1.29, 1.82) is 0 Å². The SMILES string of the molecule is CCn1cc2c(N3CC[C@@H](N(C)C)C3)ccc(C(=O)Nc3cc(F)c4nc(C)cn4c3)c2n1. The zero-order valence-corrected chi connectivity index (χ0v) is 19.3. The lowest BCUT2D eigenvalue weighted by atomic mass is 10.1. The van der Waals surface area contributed by atoms with E-state index in [1.165, 1.54) is 6.07 Å². The lowest BCUT2D eigenvalue weighted by Crippen LogP contribution is -2.31. The van der Waals surface area contributed by atoms with E-state index in [0.717, 1.165) is 30.6 Å². The van der Waals surface area contributed by atoms with Crippen LogP contribution in [0.2, 0.25) is 0 Å². The molecule has 1 aliphatic rings.